The quantitative estimate of drug-likeness (QED) is 0.427. The van der Waals surface area contributed by atoms with E-state index >= 15 is 0 Å². The van der Waals surface area contributed by atoms with Gasteiger partial charge in [-0.2, -0.15) is 5.57 Å². The summed E-state index contributed by atoms with van der Waals surface area (Å²) >= 11 is 1.47. The molecule has 0 aromatic rings. The summed E-state index contributed by atoms with van der Waals surface area (Å²) in [5.74, 6) is 0. The van der Waals surface area contributed by atoms with Gasteiger partial charge in [0.1, 0.15) is 0 Å². The molecule has 1 aliphatic carbocycles. The average Bonchev–Trinajstić information content (AvgIpc) is 2.16. The summed E-state index contributed by atoms with van der Waals surface area (Å²) in [5, 5.41) is 0. The fraction of sp³-hybridized carbons (Fsp3) is 0.400. The van der Waals surface area contributed by atoms with Gasteiger partial charge in [0.05, 0.1) is 0 Å². The first-order chi connectivity index (χ1) is 4.70. The van der Waals surface area contributed by atoms with Crippen molar-refractivity contribution < 1.29 is 19.4 Å². The summed E-state index contributed by atoms with van der Waals surface area (Å²) in [4.78, 5) is 0. The second kappa shape index (κ2) is 9.57. The molecule has 68 valence electrons. The second-order valence-corrected chi connectivity index (χ2v) is 2.49. The Hall–Kier alpha value is 0.484. The fourth-order valence-electron chi connectivity index (χ4n) is 1.00. The molecule has 0 fully saturated rings. The van der Waals surface area contributed by atoms with E-state index in [2.05, 4.69) is 36.2 Å². The summed E-state index contributed by atoms with van der Waals surface area (Å²) in [7, 11) is 4.64. The molecule has 0 saturated heterocycles. The first-order valence-corrected chi connectivity index (χ1v) is 5.29. The maximum absolute atomic E-state index is 4.64. The van der Waals surface area contributed by atoms with Crippen LogP contribution in [0.15, 0.2) is 16.7 Å². The summed E-state index contributed by atoms with van der Waals surface area (Å²) in [6.07, 6.45) is 4.41. The van der Waals surface area contributed by atoms with Crippen LogP contribution in [-0.2, 0) is 19.4 Å². The molecule has 1 rings (SSSR count). The average molecular weight is 221 g/mol. The minimum atomic E-state index is 0. The van der Waals surface area contributed by atoms with E-state index in [-0.39, 0.29) is 14.9 Å². The van der Waals surface area contributed by atoms with Crippen LogP contribution in [0.25, 0.3) is 0 Å². The van der Waals surface area contributed by atoms with Crippen molar-refractivity contribution in [3.8, 4) is 0 Å². The molecule has 0 amide bonds. The van der Waals surface area contributed by atoms with Gasteiger partial charge in [0, 0.05) is 0 Å². The van der Waals surface area contributed by atoms with E-state index in [1.54, 1.807) is 0 Å². The Morgan fingerprint density at radius 2 is 1.58 bits per heavy atom. The Labute approximate surface area is 93.4 Å². The summed E-state index contributed by atoms with van der Waals surface area (Å²) in [6.45, 7) is 6.41. The molecule has 0 atom stereocenters. The third kappa shape index (κ3) is 6.05. The topological polar surface area (TPSA) is 0 Å². The molecule has 0 radical (unpaired) electrons. The molecule has 0 saturated carbocycles. The van der Waals surface area contributed by atoms with Gasteiger partial charge in [-0.25, -0.2) is 17.2 Å². The van der Waals surface area contributed by atoms with Crippen molar-refractivity contribution in [2.75, 3.05) is 0 Å². The van der Waals surface area contributed by atoms with Gasteiger partial charge in [-0.05, 0) is 0 Å². The van der Waals surface area contributed by atoms with Gasteiger partial charge in [-0.3, -0.25) is 0 Å². The van der Waals surface area contributed by atoms with Crippen LogP contribution in [-0.4, -0.2) is 0 Å². The van der Waals surface area contributed by atoms with Crippen LogP contribution in [0.2, 0.25) is 0 Å². The molecule has 0 spiro atoms. The van der Waals surface area contributed by atoms with E-state index in [9.17, 15) is 0 Å². The second-order valence-electron chi connectivity index (χ2n) is 2.49. The maximum atomic E-state index is 4.64. The standard InChI is InChI=1S/C8H11.2CH3.ClH.Ti/c1-6-4-7(2)8(3)5-6;;;;/h4H2,1-3H3;2*1H3;1H;/q3*-1;;+4/p-1. The molecule has 0 nitrogen and oxygen atoms in total. The molecule has 0 bridgehead atoms. The van der Waals surface area contributed by atoms with E-state index in [1.807, 2.05) is 0 Å². The Morgan fingerprint density at radius 3 is 1.67 bits per heavy atom. The SMILES string of the molecule is CC1=[C-]C(C)=C(C)C1.[CH3-].[CH3-].[Cl][Ti+3]. The van der Waals surface area contributed by atoms with Gasteiger partial charge in [0.2, 0.25) is 0 Å². The molecule has 12 heavy (non-hydrogen) atoms. The number of allylic oxidation sites excluding steroid dienone is 4. The number of rotatable bonds is 0. The van der Waals surface area contributed by atoms with Crippen LogP contribution in [0.4, 0.5) is 0 Å². The summed E-state index contributed by atoms with van der Waals surface area (Å²) in [5.41, 5.74) is 4.19. The molecule has 0 heterocycles. The molecule has 2 heteroatoms. The van der Waals surface area contributed by atoms with Gasteiger partial charge in [-0.1, -0.05) is 20.3 Å². The Morgan fingerprint density at radius 1 is 1.17 bits per heavy atom. The van der Waals surface area contributed by atoms with Crippen LogP contribution in [0.5, 0.6) is 0 Å². The third-order valence-electron chi connectivity index (χ3n) is 1.57. The van der Waals surface area contributed by atoms with E-state index in [4.69, 9.17) is 0 Å². The molecule has 0 N–H and O–H groups in total. The monoisotopic (exact) mass is 220 g/mol. The zero-order valence-electron chi connectivity index (χ0n) is 8.59. The first-order valence-electron chi connectivity index (χ1n) is 3.15. The Bertz CT molecular complexity index is 169. The Balaban J connectivity index is -0.000000189. The van der Waals surface area contributed by atoms with Crippen LogP contribution in [0.1, 0.15) is 27.2 Å². The van der Waals surface area contributed by atoms with Gasteiger partial charge in [0.15, 0.2) is 0 Å². The van der Waals surface area contributed by atoms with Crippen molar-refractivity contribution in [2.24, 2.45) is 0 Å². The normalized spacial score (nSPS) is 13.7. The van der Waals surface area contributed by atoms with Crippen LogP contribution >= 0.6 is 9.30 Å². The van der Waals surface area contributed by atoms with Crippen molar-refractivity contribution in [2.45, 2.75) is 27.2 Å². The van der Waals surface area contributed by atoms with Gasteiger partial charge >= 0.3 is 28.7 Å². The molecule has 0 unspecified atom stereocenters. The van der Waals surface area contributed by atoms with Crippen molar-refractivity contribution in [1.82, 2.24) is 0 Å². The molecule has 0 aliphatic heterocycles. The predicted molar refractivity (Wildman–Crippen MR) is 54.1 cm³/mol. The minimum absolute atomic E-state index is 0. The first kappa shape index (κ1) is 18.3. The number of halogens is 1. The van der Waals surface area contributed by atoms with Crippen LogP contribution in [0.3, 0.4) is 0 Å². The Kier molecular flexibility index (Phi) is 14.6. The van der Waals surface area contributed by atoms with Crippen LogP contribution in [0, 0.1) is 20.9 Å². The van der Waals surface area contributed by atoms with Crippen LogP contribution < -0.4 is 0 Å². The zero-order valence-corrected chi connectivity index (χ0v) is 10.9. The van der Waals surface area contributed by atoms with Crippen molar-refractivity contribution in [3.05, 3.63) is 37.6 Å². The zero-order chi connectivity index (χ0) is 8.15. The van der Waals surface area contributed by atoms with E-state index < -0.39 is 0 Å². The van der Waals surface area contributed by atoms with Gasteiger partial charge < -0.3 is 14.9 Å². The van der Waals surface area contributed by atoms with Crippen molar-refractivity contribution in [1.29, 1.82) is 0 Å². The van der Waals surface area contributed by atoms with Crippen molar-refractivity contribution >= 4 is 9.30 Å². The van der Waals surface area contributed by atoms with Gasteiger partial charge in [0.25, 0.3) is 0 Å². The molecule has 0 aromatic heterocycles. The summed E-state index contributed by atoms with van der Waals surface area (Å²) < 4.78 is 0. The fourth-order valence-corrected chi connectivity index (χ4v) is 1.00. The summed E-state index contributed by atoms with van der Waals surface area (Å²) in [6, 6.07) is 0. The molecule has 0 aromatic carbocycles. The third-order valence-corrected chi connectivity index (χ3v) is 1.57. The molecular formula is C10H17ClTi. The van der Waals surface area contributed by atoms with E-state index in [1.165, 1.54) is 36.1 Å². The molecular weight excluding hydrogens is 203 g/mol. The van der Waals surface area contributed by atoms with Crippen molar-refractivity contribution in [3.63, 3.8) is 0 Å². The van der Waals surface area contributed by atoms with Gasteiger partial charge in [-0.15, -0.1) is 6.92 Å². The number of hydrogen-bond donors (Lipinski definition) is 0. The van der Waals surface area contributed by atoms with E-state index in [0.717, 1.165) is 6.42 Å². The number of hydrogen-bond acceptors (Lipinski definition) is 0. The van der Waals surface area contributed by atoms with E-state index in [0.29, 0.717) is 0 Å². The predicted octanol–water partition coefficient (Wildman–Crippen LogP) is 4.06. The molecule has 1 aliphatic rings.